The van der Waals surface area contributed by atoms with Gasteiger partial charge in [-0.1, -0.05) is 19.1 Å². The number of morpholine rings is 1. The lowest BCUT2D eigenvalue weighted by Crippen LogP contribution is -2.60. The molecule has 0 spiro atoms. The number of hydrogen-bond acceptors (Lipinski definition) is 3. The molecule has 2 atom stereocenters. The first-order valence-electron chi connectivity index (χ1n) is 8.20. The Balaban J connectivity index is 2.28. The quantitative estimate of drug-likeness (QED) is 0.925. The molecule has 5 heteroatoms. The molecule has 1 unspecified atom stereocenters. The zero-order valence-electron chi connectivity index (χ0n) is 14.8. The number of nitrogens with zero attached hydrogens (tertiary/aromatic N) is 1. The van der Waals surface area contributed by atoms with Crippen molar-refractivity contribution in [3.63, 3.8) is 0 Å². The second-order valence-corrected chi connectivity index (χ2v) is 6.75. The third kappa shape index (κ3) is 3.96. The van der Waals surface area contributed by atoms with Gasteiger partial charge in [-0.15, -0.1) is 0 Å². The van der Waals surface area contributed by atoms with E-state index < -0.39 is 0 Å². The molecule has 1 aromatic rings. The summed E-state index contributed by atoms with van der Waals surface area (Å²) in [4.78, 5) is 14.7. The molecule has 0 saturated carbocycles. The molecule has 1 N–H and O–H groups in total. The summed E-state index contributed by atoms with van der Waals surface area (Å²) in [6, 6.07) is 7.85. The maximum Gasteiger partial charge on any atom is 0.318 e. The highest BCUT2D eigenvalue weighted by molar-refractivity contribution is 5.76. The van der Waals surface area contributed by atoms with Gasteiger partial charge in [0.2, 0.25) is 0 Å². The minimum atomic E-state index is -0.361. The van der Waals surface area contributed by atoms with Gasteiger partial charge >= 0.3 is 6.03 Å². The van der Waals surface area contributed by atoms with E-state index in [2.05, 4.69) is 12.2 Å². The van der Waals surface area contributed by atoms with Gasteiger partial charge in [0.1, 0.15) is 5.75 Å². The number of hydrogen-bond donors (Lipinski definition) is 1. The molecule has 1 aliphatic rings. The van der Waals surface area contributed by atoms with Crippen LogP contribution in [0.3, 0.4) is 0 Å². The fraction of sp³-hybridized carbons (Fsp3) is 0.611. The lowest BCUT2D eigenvalue weighted by Gasteiger charge is -2.47. The summed E-state index contributed by atoms with van der Waals surface area (Å²) in [6.45, 7) is 9.21. The zero-order chi connectivity index (χ0) is 17.0. The van der Waals surface area contributed by atoms with Crippen LogP contribution in [0.15, 0.2) is 24.3 Å². The Morgan fingerprint density at radius 1 is 1.43 bits per heavy atom. The zero-order valence-corrected chi connectivity index (χ0v) is 14.8. The fourth-order valence-corrected chi connectivity index (χ4v) is 2.86. The molecule has 1 aromatic carbocycles. The highest BCUT2D eigenvalue weighted by atomic mass is 16.5. The molecule has 1 heterocycles. The van der Waals surface area contributed by atoms with E-state index in [1.54, 1.807) is 7.11 Å². The van der Waals surface area contributed by atoms with Crippen LogP contribution in [0.5, 0.6) is 5.75 Å². The number of benzene rings is 1. The number of carbonyl (C=O) groups is 1. The molecule has 128 valence electrons. The molecule has 0 bridgehead atoms. The maximum absolute atomic E-state index is 12.8. The van der Waals surface area contributed by atoms with E-state index in [0.29, 0.717) is 13.2 Å². The first kappa shape index (κ1) is 17.6. The number of carbonyl (C=O) groups excluding carboxylic acids is 1. The van der Waals surface area contributed by atoms with Crippen molar-refractivity contribution in [3.05, 3.63) is 29.8 Å². The summed E-state index contributed by atoms with van der Waals surface area (Å²) < 4.78 is 11.0. The van der Waals surface area contributed by atoms with Gasteiger partial charge in [0.25, 0.3) is 0 Å². The number of amides is 2. The number of rotatable bonds is 4. The van der Waals surface area contributed by atoms with E-state index in [1.165, 1.54) is 0 Å². The maximum atomic E-state index is 12.8. The van der Waals surface area contributed by atoms with E-state index in [0.717, 1.165) is 17.7 Å². The summed E-state index contributed by atoms with van der Waals surface area (Å²) in [7, 11) is 1.65. The lowest BCUT2D eigenvalue weighted by atomic mass is 9.95. The molecule has 2 amide bonds. The Bertz CT molecular complexity index is 528. The van der Waals surface area contributed by atoms with E-state index in [9.17, 15) is 4.79 Å². The summed E-state index contributed by atoms with van der Waals surface area (Å²) >= 11 is 0. The van der Waals surface area contributed by atoms with Gasteiger partial charge in [-0.05, 0) is 44.9 Å². The van der Waals surface area contributed by atoms with Crippen molar-refractivity contribution in [3.8, 4) is 5.75 Å². The Hall–Kier alpha value is -1.75. The van der Waals surface area contributed by atoms with Crippen LogP contribution in [-0.2, 0) is 4.74 Å². The van der Waals surface area contributed by atoms with Gasteiger partial charge in [0.15, 0.2) is 0 Å². The molecule has 0 aliphatic carbocycles. The van der Waals surface area contributed by atoms with Crippen LogP contribution in [-0.4, -0.2) is 42.8 Å². The fourth-order valence-electron chi connectivity index (χ4n) is 2.86. The van der Waals surface area contributed by atoms with Gasteiger partial charge in [-0.25, -0.2) is 4.79 Å². The third-order valence-corrected chi connectivity index (χ3v) is 4.40. The Kier molecular flexibility index (Phi) is 5.52. The predicted molar refractivity (Wildman–Crippen MR) is 90.8 cm³/mol. The second kappa shape index (κ2) is 7.21. The summed E-state index contributed by atoms with van der Waals surface area (Å²) in [6.07, 6.45) is 0.906. The summed E-state index contributed by atoms with van der Waals surface area (Å²) in [5, 5.41) is 3.08. The summed E-state index contributed by atoms with van der Waals surface area (Å²) in [5.41, 5.74) is 0.693. The van der Waals surface area contributed by atoms with Gasteiger partial charge in [0.05, 0.1) is 31.9 Å². The highest BCUT2D eigenvalue weighted by Gasteiger charge is 2.41. The average molecular weight is 320 g/mol. The first-order valence-corrected chi connectivity index (χ1v) is 8.20. The molecule has 0 radical (unpaired) electrons. The molecule has 1 saturated heterocycles. The summed E-state index contributed by atoms with van der Waals surface area (Å²) in [5.74, 6) is 0.806. The molecule has 1 fully saturated rings. The highest BCUT2D eigenvalue weighted by Crippen LogP contribution is 2.34. The first-order chi connectivity index (χ1) is 10.9. The van der Waals surface area contributed by atoms with Crippen molar-refractivity contribution < 1.29 is 14.3 Å². The van der Waals surface area contributed by atoms with E-state index in [4.69, 9.17) is 9.47 Å². The van der Waals surface area contributed by atoms with Crippen LogP contribution in [0.2, 0.25) is 0 Å². The van der Waals surface area contributed by atoms with Crippen molar-refractivity contribution in [2.45, 2.75) is 51.7 Å². The topological polar surface area (TPSA) is 50.8 Å². The van der Waals surface area contributed by atoms with Crippen LogP contribution in [0.25, 0.3) is 0 Å². The molecule has 0 aromatic heterocycles. The van der Waals surface area contributed by atoms with Gasteiger partial charge < -0.3 is 19.7 Å². The van der Waals surface area contributed by atoms with Crippen LogP contribution in [0.4, 0.5) is 4.79 Å². The standard InChI is InChI=1S/C18H28N2O3/c1-6-13(2)19-17(21)20-16(11-23-12-18(20,3)4)14-7-9-15(22-5)10-8-14/h7-10,13,16H,6,11-12H2,1-5H3,(H,19,21)/t13?,16-/m1/s1. The van der Waals surface area contributed by atoms with Crippen LogP contribution in [0.1, 0.15) is 45.7 Å². The van der Waals surface area contributed by atoms with E-state index in [1.807, 2.05) is 49.9 Å². The molecule has 1 aliphatic heterocycles. The average Bonchev–Trinajstić information content (AvgIpc) is 2.53. The minimum Gasteiger partial charge on any atom is -0.497 e. The molecule has 5 nitrogen and oxygen atoms in total. The molecule has 2 rings (SSSR count). The van der Waals surface area contributed by atoms with Crippen LogP contribution >= 0.6 is 0 Å². The van der Waals surface area contributed by atoms with Crippen molar-refractivity contribution in [1.29, 1.82) is 0 Å². The molecular weight excluding hydrogens is 292 g/mol. The van der Waals surface area contributed by atoms with E-state index >= 15 is 0 Å². The molecular formula is C18H28N2O3. The number of methoxy groups -OCH3 is 1. The SMILES string of the molecule is CCC(C)NC(=O)N1[C@@H](c2ccc(OC)cc2)COCC1(C)C. The molecule has 23 heavy (non-hydrogen) atoms. The van der Waals surface area contributed by atoms with E-state index in [-0.39, 0.29) is 23.7 Å². The van der Waals surface area contributed by atoms with Gasteiger partial charge in [-0.3, -0.25) is 0 Å². The second-order valence-electron chi connectivity index (χ2n) is 6.75. The third-order valence-electron chi connectivity index (χ3n) is 4.40. The van der Waals surface area contributed by atoms with Gasteiger partial charge in [-0.2, -0.15) is 0 Å². The largest absolute Gasteiger partial charge is 0.497 e. The number of ether oxygens (including phenoxy) is 2. The Morgan fingerprint density at radius 3 is 2.65 bits per heavy atom. The van der Waals surface area contributed by atoms with Crippen molar-refractivity contribution in [2.24, 2.45) is 0 Å². The Labute approximate surface area is 139 Å². The van der Waals surface area contributed by atoms with Crippen LogP contribution < -0.4 is 10.1 Å². The van der Waals surface area contributed by atoms with Gasteiger partial charge in [0, 0.05) is 6.04 Å². The number of urea groups is 1. The smallest absolute Gasteiger partial charge is 0.318 e. The monoisotopic (exact) mass is 320 g/mol. The predicted octanol–water partition coefficient (Wildman–Crippen LogP) is 3.36. The van der Waals surface area contributed by atoms with Crippen molar-refractivity contribution >= 4 is 6.03 Å². The minimum absolute atomic E-state index is 0.0338. The number of nitrogens with one attached hydrogen (secondary N) is 1. The van der Waals surface area contributed by atoms with Crippen molar-refractivity contribution in [2.75, 3.05) is 20.3 Å². The lowest BCUT2D eigenvalue weighted by molar-refractivity contribution is -0.0660. The Morgan fingerprint density at radius 2 is 2.09 bits per heavy atom. The van der Waals surface area contributed by atoms with Crippen molar-refractivity contribution in [1.82, 2.24) is 10.2 Å². The normalized spacial score (nSPS) is 21.6. The van der Waals surface area contributed by atoms with Crippen LogP contribution in [0, 0.1) is 0 Å².